The summed E-state index contributed by atoms with van der Waals surface area (Å²) in [4.78, 5) is 39.2. The van der Waals surface area contributed by atoms with Gasteiger partial charge in [0.05, 0.1) is 28.2 Å². The first kappa shape index (κ1) is 26.3. The van der Waals surface area contributed by atoms with Crippen LogP contribution in [0.1, 0.15) is 47.8 Å². The lowest BCUT2D eigenvalue weighted by molar-refractivity contribution is -0.126. The van der Waals surface area contributed by atoms with E-state index in [-0.39, 0.29) is 24.0 Å². The molecule has 2 fully saturated rings. The van der Waals surface area contributed by atoms with Crippen molar-refractivity contribution < 1.29 is 14.7 Å². The topological polar surface area (TPSA) is 104 Å². The van der Waals surface area contributed by atoms with Crippen LogP contribution < -0.4 is 5.32 Å². The molecule has 0 radical (unpaired) electrons. The van der Waals surface area contributed by atoms with E-state index < -0.39 is 0 Å². The Bertz CT molecular complexity index is 1360. The number of anilines is 1. The van der Waals surface area contributed by atoms with Gasteiger partial charge in [0, 0.05) is 56.3 Å². The summed E-state index contributed by atoms with van der Waals surface area (Å²) in [5, 5.41) is 13.3. The Hall–Kier alpha value is -3.27. The van der Waals surface area contributed by atoms with Crippen LogP contribution in [0.4, 0.5) is 5.95 Å². The van der Waals surface area contributed by atoms with Crippen molar-refractivity contribution in [2.45, 2.75) is 44.8 Å². The number of para-hydroxylation sites is 1. The van der Waals surface area contributed by atoms with Gasteiger partial charge in [0.2, 0.25) is 11.9 Å². The van der Waals surface area contributed by atoms with Crippen LogP contribution in [-0.4, -0.2) is 80.1 Å². The number of amides is 2. The molecule has 200 valence electrons. The maximum absolute atomic E-state index is 13.2. The molecule has 9 nitrogen and oxygen atoms in total. The maximum Gasteiger partial charge on any atom is 0.258 e. The highest BCUT2D eigenvalue weighted by Crippen LogP contribution is 2.34. The number of pyridine rings is 1. The lowest BCUT2D eigenvalue weighted by Gasteiger charge is -2.26. The van der Waals surface area contributed by atoms with Crippen molar-refractivity contribution in [3.63, 3.8) is 0 Å². The predicted octanol–water partition coefficient (Wildman–Crippen LogP) is 3.82. The van der Waals surface area contributed by atoms with Gasteiger partial charge < -0.3 is 14.6 Å². The van der Waals surface area contributed by atoms with Crippen molar-refractivity contribution in [1.29, 1.82) is 0 Å². The Morgan fingerprint density at radius 1 is 1.18 bits per heavy atom. The number of carbonyl (C=O) groups is 2. The number of benzene rings is 1. The van der Waals surface area contributed by atoms with E-state index in [4.69, 9.17) is 16.6 Å². The van der Waals surface area contributed by atoms with Crippen molar-refractivity contribution in [3.05, 3.63) is 65.0 Å². The normalized spacial score (nSPS) is 20.8. The van der Waals surface area contributed by atoms with Crippen LogP contribution in [0.3, 0.4) is 0 Å². The average molecular weight is 537 g/mol. The number of carbonyl (C=O) groups excluding carboxylic acids is 2. The molecule has 3 aromatic rings. The number of hydrogen-bond acceptors (Lipinski definition) is 6. The molecule has 2 aromatic heterocycles. The highest BCUT2D eigenvalue weighted by molar-refractivity contribution is 6.35. The van der Waals surface area contributed by atoms with Crippen molar-refractivity contribution in [3.8, 4) is 0 Å². The van der Waals surface area contributed by atoms with E-state index in [2.05, 4.69) is 15.2 Å². The average Bonchev–Trinajstić information content (AvgIpc) is 3.38. The van der Waals surface area contributed by atoms with Crippen molar-refractivity contribution in [2.24, 2.45) is 0 Å². The Kier molecular flexibility index (Phi) is 8.06. The van der Waals surface area contributed by atoms with E-state index in [1.807, 2.05) is 40.7 Å². The predicted molar refractivity (Wildman–Crippen MR) is 147 cm³/mol. The van der Waals surface area contributed by atoms with Gasteiger partial charge in [-0.15, -0.1) is 0 Å². The molecular formula is C28H33ClN6O3. The number of likely N-dealkylation sites (tertiary alicyclic amines) is 2. The molecular weight excluding hydrogens is 504 g/mol. The van der Waals surface area contributed by atoms with Gasteiger partial charge in [0.1, 0.15) is 0 Å². The van der Waals surface area contributed by atoms with Crippen LogP contribution in [0.15, 0.2) is 48.7 Å². The molecule has 4 heterocycles. The number of nitrogens with one attached hydrogen (secondary N) is 1. The highest BCUT2D eigenvalue weighted by Gasteiger charge is 2.27. The highest BCUT2D eigenvalue weighted by atomic mass is 35.5. The second-order valence-corrected chi connectivity index (χ2v) is 10.5. The minimum Gasteiger partial charge on any atom is -0.392 e. The van der Waals surface area contributed by atoms with E-state index >= 15 is 0 Å². The molecule has 2 amide bonds. The first-order valence-corrected chi connectivity index (χ1v) is 13.5. The van der Waals surface area contributed by atoms with Gasteiger partial charge in [-0.3, -0.25) is 24.8 Å². The van der Waals surface area contributed by atoms with E-state index in [9.17, 15) is 14.7 Å². The number of aryl methyl sites for hydroxylation is 1. The molecule has 2 aliphatic rings. The van der Waals surface area contributed by atoms with Crippen LogP contribution in [0, 0.1) is 6.92 Å². The summed E-state index contributed by atoms with van der Waals surface area (Å²) in [6, 6.07) is 8.83. The van der Waals surface area contributed by atoms with Gasteiger partial charge in [0.25, 0.3) is 5.91 Å². The fourth-order valence-electron chi connectivity index (χ4n) is 5.33. The molecule has 0 bridgehead atoms. The fourth-order valence-corrected chi connectivity index (χ4v) is 5.59. The summed E-state index contributed by atoms with van der Waals surface area (Å²) in [6.07, 6.45) is 8.28. The fraction of sp³-hybridized carbons (Fsp3) is 0.429. The van der Waals surface area contributed by atoms with Gasteiger partial charge in [-0.05, 0) is 56.9 Å². The zero-order valence-electron chi connectivity index (χ0n) is 21.5. The first-order chi connectivity index (χ1) is 18.4. The molecule has 2 aliphatic heterocycles. The van der Waals surface area contributed by atoms with Crippen molar-refractivity contribution in [2.75, 3.05) is 38.0 Å². The van der Waals surface area contributed by atoms with Crippen LogP contribution in [0.2, 0.25) is 5.02 Å². The van der Waals surface area contributed by atoms with Gasteiger partial charge in [-0.25, -0.2) is 4.98 Å². The third-order valence-corrected chi connectivity index (χ3v) is 7.54. The zero-order valence-corrected chi connectivity index (χ0v) is 22.3. The summed E-state index contributed by atoms with van der Waals surface area (Å²) in [5.41, 5.74) is 2.68. The Morgan fingerprint density at radius 2 is 2.05 bits per heavy atom. The largest absolute Gasteiger partial charge is 0.392 e. The summed E-state index contributed by atoms with van der Waals surface area (Å²) >= 11 is 6.65. The number of aliphatic hydroxyl groups excluding tert-OH is 1. The molecule has 5 rings (SSSR count). The lowest BCUT2D eigenvalue weighted by atomic mass is 10.1. The van der Waals surface area contributed by atoms with Crippen LogP contribution in [0.25, 0.3) is 11.0 Å². The molecule has 1 aromatic carbocycles. The third kappa shape index (κ3) is 5.90. The van der Waals surface area contributed by atoms with Gasteiger partial charge >= 0.3 is 0 Å². The number of fused-ring (bicyclic) bond motifs is 1. The van der Waals surface area contributed by atoms with Gasteiger partial charge in [-0.1, -0.05) is 23.7 Å². The standard InChI is InChI=1S/C28H33ClN6O3/c1-19-16-20(10-12-30-19)27(38)32-28-31-24-8-4-7-23(29)26(24)35(28)21-6-2-3-14-34(17-21)25(37)9-5-13-33-15-11-22(36)18-33/h4-5,7-10,12,16,21-22,36H,2-3,6,11,13-15,17-18H2,1H3,(H,31,32,38)/b9-5+/t21-,22+/m1/s1. The van der Waals surface area contributed by atoms with E-state index in [1.165, 1.54) is 0 Å². The summed E-state index contributed by atoms with van der Waals surface area (Å²) in [5.74, 6) is 0.0969. The van der Waals surface area contributed by atoms with Crippen molar-refractivity contribution >= 4 is 40.4 Å². The summed E-state index contributed by atoms with van der Waals surface area (Å²) in [7, 11) is 0. The van der Waals surface area contributed by atoms with Crippen LogP contribution in [0.5, 0.6) is 0 Å². The number of aromatic nitrogens is 3. The van der Waals surface area contributed by atoms with E-state index in [0.29, 0.717) is 48.2 Å². The summed E-state index contributed by atoms with van der Waals surface area (Å²) < 4.78 is 1.99. The SMILES string of the molecule is Cc1cc(C(=O)Nc2nc3cccc(Cl)c3n2[C@@H]2CCCCN(C(=O)/C=C/CN3CC[C@H](O)C3)C2)ccn1. The third-order valence-electron chi connectivity index (χ3n) is 7.24. The minimum absolute atomic E-state index is 0.0370. The number of imidazole rings is 1. The number of aliphatic hydroxyl groups is 1. The second kappa shape index (κ2) is 11.6. The molecule has 0 unspecified atom stereocenters. The molecule has 0 aliphatic carbocycles. The molecule has 2 N–H and O–H groups in total. The van der Waals surface area contributed by atoms with Crippen molar-refractivity contribution in [1.82, 2.24) is 24.3 Å². The van der Waals surface area contributed by atoms with Crippen LogP contribution in [-0.2, 0) is 4.79 Å². The maximum atomic E-state index is 13.2. The zero-order chi connectivity index (χ0) is 26.6. The Labute approximate surface area is 227 Å². The lowest BCUT2D eigenvalue weighted by Crippen LogP contribution is -2.35. The Morgan fingerprint density at radius 3 is 2.84 bits per heavy atom. The molecule has 10 heteroatoms. The second-order valence-electron chi connectivity index (χ2n) is 10.1. The smallest absolute Gasteiger partial charge is 0.258 e. The molecule has 0 saturated carbocycles. The Balaban J connectivity index is 1.39. The van der Waals surface area contributed by atoms with Crippen LogP contribution >= 0.6 is 11.6 Å². The molecule has 2 atom stereocenters. The molecule has 2 saturated heterocycles. The number of nitrogens with zero attached hydrogens (tertiary/aromatic N) is 5. The number of hydrogen-bond donors (Lipinski definition) is 2. The number of rotatable bonds is 6. The van der Waals surface area contributed by atoms with Gasteiger partial charge in [0.15, 0.2) is 0 Å². The first-order valence-electron chi connectivity index (χ1n) is 13.2. The summed E-state index contributed by atoms with van der Waals surface area (Å²) in [6.45, 7) is 5.12. The number of β-amino-alcohol motifs (C(OH)–C–C–N with tert-alkyl or cyclic N) is 1. The molecule has 0 spiro atoms. The van der Waals surface area contributed by atoms with Gasteiger partial charge in [-0.2, -0.15) is 0 Å². The quantitative estimate of drug-likeness (QED) is 0.464. The van der Waals surface area contributed by atoms with E-state index in [1.54, 1.807) is 24.4 Å². The number of halogens is 1. The van der Waals surface area contributed by atoms with E-state index in [0.717, 1.165) is 43.4 Å². The minimum atomic E-state index is -0.278. The molecule has 38 heavy (non-hydrogen) atoms. The monoisotopic (exact) mass is 536 g/mol.